The minimum absolute atomic E-state index is 0.224. The molecule has 1 N–H and O–H groups in total. The van der Waals surface area contributed by atoms with E-state index < -0.39 is 18.0 Å². The Hall–Kier alpha value is -3.04. The number of ether oxygens (including phenoxy) is 2. The number of nitrogens with one attached hydrogen (secondary N) is 1. The van der Waals surface area contributed by atoms with Crippen LogP contribution in [0.1, 0.15) is 25.0 Å². The van der Waals surface area contributed by atoms with Crippen LogP contribution in [0.2, 0.25) is 5.02 Å². The summed E-state index contributed by atoms with van der Waals surface area (Å²) in [5, 5.41) is 11.6. The van der Waals surface area contributed by atoms with Crippen molar-refractivity contribution in [3.8, 4) is 11.8 Å². The number of nitrogens with zero attached hydrogens (tertiary/aromatic N) is 1. The van der Waals surface area contributed by atoms with Crippen LogP contribution >= 0.6 is 11.6 Å². The molecule has 0 fully saturated rings. The lowest BCUT2D eigenvalue weighted by molar-refractivity contribution is -0.155. The lowest BCUT2D eigenvalue weighted by atomic mass is 10.2. The summed E-state index contributed by atoms with van der Waals surface area (Å²) in [6.07, 6.45) is -0.0997. The molecule has 27 heavy (non-hydrogen) atoms. The second kappa shape index (κ2) is 9.60. The van der Waals surface area contributed by atoms with E-state index in [9.17, 15) is 9.59 Å². The fourth-order valence-corrected chi connectivity index (χ4v) is 2.40. The zero-order valence-corrected chi connectivity index (χ0v) is 15.7. The second-order valence-corrected chi connectivity index (χ2v) is 6.12. The molecule has 1 unspecified atom stereocenters. The van der Waals surface area contributed by atoms with Gasteiger partial charge in [-0.3, -0.25) is 4.79 Å². The molecule has 0 aromatic heterocycles. The molecular weight excluding hydrogens is 368 g/mol. The highest BCUT2D eigenvalue weighted by Crippen LogP contribution is 2.20. The molecule has 2 aromatic rings. The average molecular weight is 387 g/mol. The summed E-state index contributed by atoms with van der Waals surface area (Å²) in [6, 6.07) is 13.8. The maximum absolute atomic E-state index is 12.1. The first-order valence-electron chi connectivity index (χ1n) is 8.34. The SMILES string of the molecule is CCc1ccc(OCC(=O)OC(C)C(=O)Nc2ccc(C#N)c(Cl)c2)cc1. The van der Waals surface area contributed by atoms with Crippen LogP contribution < -0.4 is 10.1 Å². The molecule has 0 aliphatic heterocycles. The van der Waals surface area contributed by atoms with E-state index in [4.69, 9.17) is 26.3 Å². The number of nitriles is 1. The zero-order chi connectivity index (χ0) is 19.8. The maximum Gasteiger partial charge on any atom is 0.344 e. The molecule has 0 saturated carbocycles. The Kier molecular flexibility index (Phi) is 7.21. The van der Waals surface area contributed by atoms with Crippen molar-refractivity contribution in [2.24, 2.45) is 0 Å². The molecule has 0 aliphatic rings. The summed E-state index contributed by atoms with van der Waals surface area (Å²) in [4.78, 5) is 24.0. The van der Waals surface area contributed by atoms with Gasteiger partial charge in [0.2, 0.25) is 0 Å². The number of esters is 1. The Morgan fingerprint density at radius 2 is 1.93 bits per heavy atom. The van der Waals surface area contributed by atoms with Crippen LogP contribution in [0.5, 0.6) is 5.75 Å². The molecule has 0 spiro atoms. The zero-order valence-electron chi connectivity index (χ0n) is 15.0. The fourth-order valence-electron chi connectivity index (χ4n) is 2.18. The number of anilines is 1. The Morgan fingerprint density at radius 3 is 2.52 bits per heavy atom. The van der Waals surface area contributed by atoms with Crippen molar-refractivity contribution in [2.75, 3.05) is 11.9 Å². The van der Waals surface area contributed by atoms with Crippen molar-refractivity contribution in [3.05, 3.63) is 58.6 Å². The van der Waals surface area contributed by atoms with Gasteiger partial charge in [-0.05, 0) is 49.2 Å². The Bertz CT molecular complexity index is 859. The minimum Gasteiger partial charge on any atom is -0.482 e. The average Bonchev–Trinajstić information content (AvgIpc) is 2.66. The third kappa shape index (κ3) is 6.01. The van der Waals surface area contributed by atoms with E-state index in [1.54, 1.807) is 18.2 Å². The lowest BCUT2D eigenvalue weighted by Gasteiger charge is -2.14. The highest BCUT2D eigenvalue weighted by molar-refractivity contribution is 6.32. The monoisotopic (exact) mass is 386 g/mol. The molecule has 1 atom stereocenters. The first kappa shape index (κ1) is 20.3. The number of benzene rings is 2. The summed E-state index contributed by atoms with van der Waals surface area (Å²) in [5.41, 5.74) is 1.87. The van der Waals surface area contributed by atoms with Crippen LogP contribution in [0.15, 0.2) is 42.5 Å². The van der Waals surface area contributed by atoms with Gasteiger partial charge in [0.1, 0.15) is 11.8 Å². The summed E-state index contributed by atoms with van der Waals surface area (Å²) in [5.74, 6) is -0.625. The minimum atomic E-state index is -1.02. The normalized spacial score (nSPS) is 11.2. The number of amides is 1. The molecular formula is C20H19ClN2O4. The van der Waals surface area contributed by atoms with Gasteiger partial charge in [0.25, 0.3) is 5.91 Å². The fraction of sp³-hybridized carbons (Fsp3) is 0.250. The summed E-state index contributed by atoms with van der Waals surface area (Å²) in [7, 11) is 0. The van der Waals surface area contributed by atoms with Gasteiger partial charge >= 0.3 is 5.97 Å². The first-order valence-corrected chi connectivity index (χ1v) is 8.72. The van der Waals surface area contributed by atoms with Crippen molar-refractivity contribution in [3.63, 3.8) is 0 Å². The van der Waals surface area contributed by atoms with Crippen molar-refractivity contribution < 1.29 is 19.1 Å². The standard InChI is InChI=1S/C20H19ClN2O4/c1-3-14-4-8-17(9-5-14)26-12-19(24)27-13(2)20(25)23-16-7-6-15(11-22)18(21)10-16/h4-10,13H,3,12H2,1-2H3,(H,23,25). The summed E-state index contributed by atoms with van der Waals surface area (Å²) in [6.45, 7) is 3.20. The molecule has 6 nitrogen and oxygen atoms in total. The van der Waals surface area contributed by atoms with Crippen LogP contribution in [-0.4, -0.2) is 24.6 Å². The van der Waals surface area contributed by atoms with Gasteiger partial charge in [-0.2, -0.15) is 5.26 Å². The molecule has 0 saturated heterocycles. The first-order chi connectivity index (χ1) is 12.9. The van der Waals surface area contributed by atoms with Crippen LogP contribution in [0, 0.1) is 11.3 Å². The van der Waals surface area contributed by atoms with Crippen molar-refractivity contribution >= 4 is 29.2 Å². The molecule has 2 aromatic carbocycles. The number of hydrogen-bond acceptors (Lipinski definition) is 5. The van der Waals surface area contributed by atoms with Crippen molar-refractivity contribution in [1.29, 1.82) is 5.26 Å². The Labute approximate surface area is 162 Å². The van der Waals surface area contributed by atoms with E-state index in [2.05, 4.69) is 5.32 Å². The van der Waals surface area contributed by atoms with Gasteiger partial charge in [-0.15, -0.1) is 0 Å². The van der Waals surface area contributed by atoms with Gasteiger partial charge in [0.15, 0.2) is 12.7 Å². The quantitative estimate of drug-likeness (QED) is 0.732. The third-order valence-electron chi connectivity index (χ3n) is 3.72. The largest absolute Gasteiger partial charge is 0.482 e. The van der Waals surface area contributed by atoms with Gasteiger partial charge in [-0.1, -0.05) is 30.7 Å². The van der Waals surface area contributed by atoms with E-state index in [-0.39, 0.29) is 11.6 Å². The van der Waals surface area contributed by atoms with Crippen molar-refractivity contribution in [2.45, 2.75) is 26.4 Å². The van der Waals surface area contributed by atoms with Gasteiger partial charge < -0.3 is 14.8 Å². The number of hydrogen-bond donors (Lipinski definition) is 1. The maximum atomic E-state index is 12.1. The van der Waals surface area contributed by atoms with Crippen LogP contribution in [0.3, 0.4) is 0 Å². The van der Waals surface area contributed by atoms with E-state index in [0.717, 1.165) is 12.0 Å². The highest BCUT2D eigenvalue weighted by atomic mass is 35.5. The third-order valence-corrected chi connectivity index (χ3v) is 4.04. The van der Waals surface area contributed by atoms with Crippen LogP contribution in [0.25, 0.3) is 0 Å². The molecule has 0 radical (unpaired) electrons. The molecule has 140 valence electrons. The number of aryl methyl sites for hydroxylation is 1. The Morgan fingerprint density at radius 1 is 1.22 bits per heavy atom. The second-order valence-electron chi connectivity index (χ2n) is 5.71. The van der Waals surface area contributed by atoms with Gasteiger partial charge in [-0.25, -0.2) is 4.79 Å². The Balaban J connectivity index is 1.83. The van der Waals surface area contributed by atoms with Crippen LogP contribution in [-0.2, 0) is 20.7 Å². The predicted molar refractivity (Wildman–Crippen MR) is 102 cm³/mol. The van der Waals surface area contributed by atoms with E-state index in [0.29, 0.717) is 17.0 Å². The van der Waals surface area contributed by atoms with Crippen LogP contribution in [0.4, 0.5) is 5.69 Å². The molecule has 2 rings (SSSR count). The predicted octanol–water partition coefficient (Wildman–Crippen LogP) is 3.72. The van der Waals surface area contributed by atoms with E-state index in [1.807, 2.05) is 25.1 Å². The molecule has 0 heterocycles. The number of halogens is 1. The molecule has 7 heteroatoms. The molecule has 0 bridgehead atoms. The van der Waals surface area contributed by atoms with Gasteiger partial charge in [0.05, 0.1) is 10.6 Å². The summed E-state index contributed by atoms with van der Waals surface area (Å²) < 4.78 is 10.4. The molecule has 1 amide bonds. The lowest BCUT2D eigenvalue weighted by Crippen LogP contribution is -2.31. The smallest absolute Gasteiger partial charge is 0.344 e. The molecule has 0 aliphatic carbocycles. The summed E-state index contributed by atoms with van der Waals surface area (Å²) >= 11 is 5.92. The topological polar surface area (TPSA) is 88.4 Å². The number of carbonyl (C=O) groups is 2. The van der Waals surface area contributed by atoms with Crippen molar-refractivity contribution in [1.82, 2.24) is 0 Å². The van der Waals surface area contributed by atoms with Gasteiger partial charge in [0, 0.05) is 5.69 Å². The number of rotatable bonds is 7. The van der Waals surface area contributed by atoms with E-state index >= 15 is 0 Å². The van der Waals surface area contributed by atoms with E-state index in [1.165, 1.54) is 19.1 Å². The highest BCUT2D eigenvalue weighted by Gasteiger charge is 2.18. The number of carbonyl (C=O) groups excluding carboxylic acids is 2.